The van der Waals surface area contributed by atoms with Crippen molar-refractivity contribution in [2.75, 3.05) is 26.7 Å². The molecule has 1 saturated heterocycles. The molecule has 0 aromatic heterocycles. The van der Waals surface area contributed by atoms with Crippen molar-refractivity contribution in [3.8, 4) is 0 Å². The second kappa shape index (κ2) is 10.5. The third-order valence-corrected chi connectivity index (χ3v) is 4.66. The van der Waals surface area contributed by atoms with Crippen LogP contribution in [0.5, 0.6) is 0 Å². The van der Waals surface area contributed by atoms with E-state index in [9.17, 15) is 4.79 Å². The summed E-state index contributed by atoms with van der Waals surface area (Å²) < 4.78 is 0. The minimum Gasteiger partial charge on any atom is -0.356 e. The normalized spacial score (nSPS) is 20.0. The Morgan fingerprint density at radius 2 is 2.09 bits per heavy atom. The minimum absolute atomic E-state index is 0.0788. The number of hydrogen-bond donors (Lipinski definition) is 2. The fourth-order valence-electron chi connectivity index (χ4n) is 3.02. The number of guanidine groups is 1. The van der Waals surface area contributed by atoms with Crippen LogP contribution in [0.1, 0.15) is 59.8 Å². The molecule has 0 aromatic rings. The van der Waals surface area contributed by atoms with E-state index >= 15 is 0 Å². The molecule has 2 unspecified atom stereocenters. The molecule has 0 radical (unpaired) electrons. The molecule has 2 atom stereocenters. The van der Waals surface area contributed by atoms with Crippen LogP contribution in [0.4, 0.5) is 0 Å². The molecule has 0 spiro atoms. The monoisotopic (exact) mass is 324 g/mol. The molecule has 0 saturated carbocycles. The quantitative estimate of drug-likeness (QED) is 0.533. The van der Waals surface area contributed by atoms with Gasteiger partial charge in [0.05, 0.1) is 0 Å². The highest BCUT2D eigenvalue weighted by atomic mass is 16.2. The van der Waals surface area contributed by atoms with Crippen LogP contribution in [0, 0.1) is 11.8 Å². The molecular weight excluding hydrogens is 288 g/mol. The summed E-state index contributed by atoms with van der Waals surface area (Å²) >= 11 is 0. The first-order valence-corrected chi connectivity index (χ1v) is 9.27. The third-order valence-electron chi connectivity index (χ3n) is 4.66. The SMILES string of the molecule is CCCCC(CC)CNC(=NC)NC1CCN(C(=O)C(C)C)C1. The molecule has 2 N–H and O–H groups in total. The Bertz CT molecular complexity index is 381. The van der Waals surface area contributed by atoms with Crippen LogP contribution in [-0.2, 0) is 4.79 Å². The molecule has 1 aliphatic rings. The molecule has 0 bridgehead atoms. The van der Waals surface area contributed by atoms with Gasteiger partial charge in [-0.15, -0.1) is 0 Å². The predicted octanol–water partition coefficient (Wildman–Crippen LogP) is 2.62. The topological polar surface area (TPSA) is 56.7 Å². The highest BCUT2D eigenvalue weighted by Crippen LogP contribution is 2.13. The van der Waals surface area contributed by atoms with Gasteiger partial charge in [0.25, 0.3) is 0 Å². The second-order valence-corrected chi connectivity index (χ2v) is 6.94. The Balaban J connectivity index is 2.38. The van der Waals surface area contributed by atoms with Gasteiger partial charge in [-0.05, 0) is 18.8 Å². The molecule has 0 aliphatic carbocycles. The van der Waals surface area contributed by atoms with Crippen LogP contribution in [0.3, 0.4) is 0 Å². The Morgan fingerprint density at radius 3 is 2.65 bits per heavy atom. The fourth-order valence-corrected chi connectivity index (χ4v) is 3.02. The molecule has 23 heavy (non-hydrogen) atoms. The molecule has 1 amide bonds. The van der Waals surface area contributed by atoms with Crippen LogP contribution in [0.25, 0.3) is 0 Å². The van der Waals surface area contributed by atoms with Crippen LogP contribution >= 0.6 is 0 Å². The van der Waals surface area contributed by atoms with E-state index in [2.05, 4.69) is 29.5 Å². The largest absolute Gasteiger partial charge is 0.356 e. The maximum atomic E-state index is 12.1. The molecule has 5 heteroatoms. The number of hydrogen-bond acceptors (Lipinski definition) is 2. The van der Waals surface area contributed by atoms with Crippen molar-refractivity contribution >= 4 is 11.9 Å². The summed E-state index contributed by atoms with van der Waals surface area (Å²) in [5.41, 5.74) is 0. The van der Waals surface area contributed by atoms with Crippen molar-refractivity contribution in [3.05, 3.63) is 0 Å². The zero-order valence-corrected chi connectivity index (χ0v) is 15.7. The van der Waals surface area contributed by atoms with Gasteiger partial charge in [-0.25, -0.2) is 0 Å². The number of carbonyl (C=O) groups is 1. The Kier molecular flexibility index (Phi) is 9.03. The van der Waals surface area contributed by atoms with Crippen LogP contribution in [-0.4, -0.2) is 49.5 Å². The van der Waals surface area contributed by atoms with Crippen molar-refractivity contribution in [3.63, 3.8) is 0 Å². The Labute approximate surface area is 142 Å². The van der Waals surface area contributed by atoms with Gasteiger partial charge in [0.15, 0.2) is 5.96 Å². The van der Waals surface area contributed by atoms with Crippen molar-refractivity contribution in [2.45, 2.75) is 65.8 Å². The van der Waals surface area contributed by atoms with Crippen molar-refractivity contribution in [2.24, 2.45) is 16.8 Å². The van der Waals surface area contributed by atoms with E-state index in [1.165, 1.54) is 25.7 Å². The summed E-state index contributed by atoms with van der Waals surface area (Å²) in [5.74, 6) is 1.90. The first-order chi connectivity index (χ1) is 11.0. The van der Waals surface area contributed by atoms with E-state index in [0.29, 0.717) is 12.0 Å². The van der Waals surface area contributed by atoms with Crippen molar-refractivity contribution in [1.29, 1.82) is 0 Å². The molecule has 1 fully saturated rings. The maximum absolute atomic E-state index is 12.1. The molecular formula is C18H36N4O. The zero-order chi connectivity index (χ0) is 17.2. The maximum Gasteiger partial charge on any atom is 0.225 e. The molecule has 5 nitrogen and oxygen atoms in total. The molecule has 134 valence electrons. The van der Waals surface area contributed by atoms with Gasteiger partial charge in [0.2, 0.25) is 5.91 Å². The standard InChI is InChI=1S/C18H36N4O/c1-6-8-9-15(7-2)12-20-18(19-5)21-16-10-11-22(13-16)17(23)14(3)4/h14-16H,6-13H2,1-5H3,(H2,19,20,21). The summed E-state index contributed by atoms with van der Waals surface area (Å²) in [6, 6.07) is 0.305. The number of nitrogens with zero attached hydrogens (tertiary/aromatic N) is 2. The molecule has 1 rings (SSSR count). The summed E-state index contributed by atoms with van der Waals surface area (Å²) in [7, 11) is 1.81. The molecule has 1 heterocycles. The lowest BCUT2D eigenvalue weighted by Gasteiger charge is -2.22. The molecule has 1 aliphatic heterocycles. The smallest absolute Gasteiger partial charge is 0.225 e. The predicted molar refractivity (Wildman–Crippen MR) is 97.6 cm³/mol. The van der Waals surface area contributed by atoms with Gasteiger partial charge in [0.1, 0.15) is 0 Å². The lowest BCUT2D eigenvalue weighted by Crippen LogP contribution is -2.46. The van der Waals surface area contributed by atoms with Crippen molar-refractivity contribution < 1.29 is 4.79 Å². The van der Waals surface area contributed by atoms with E-state index in [4.69, 9.17) is 0 Å². The third kappa shape index (κ3) is 6.80. The fraction of sp³-hybridized carbons (Fsp3) is 0.889. The van der Waals surface area contributed by atoms with Gasteiger partial charge >= 0.3 is 0 Å². The van der Waals surface area contributed by atoms with Gasteiger partial charge in [-0.3, -0.25) is 9.79 Å². The number of carbonyl (C=O) groups excluding carboxylic acids is 1. The number of nitrogens with one attached hydrogen (secondary N) is 2. The summed E-state index contributed by atoms with van der Waals surface area (Å²) in [4.78, 5) is 18.4. The van der Waals surface area contributed by atoms with E-state index in [1.807, 2.05) is 25.8 Å². The number of aliphatic imine (C=N–C) groups is 1. The number of amides is 1. The second-order valence-electron chi connectivity index (χ2n) is 6.94. The molecule has 0 aromatic carbocycles. The average Bonchev–Trinajstić information content (AvgIpc) is 3.01. The van der Waals surface area contributed by atoms with Gasteiger partial charge in [-0.1, -0.05) is 47.0 Å². The number of unbranched alkanes of at least 4 members (excludes halogenated alkanes) is 1. The Hall–Kier alpha value is -1.26. The van der Waals surface area contributed by atoms with Crippen LogP contribution in [0.2, 0.25) is 0 Å². The van der Waals surface area contributed by atoms with E-state index in [-0.39, 0.29) is 11.8 Å². The van der Waals surface area contributed by atoms with Crippen LogP contribution < -0.4 is 10.6 Å². The van der Waals surface area contributed by atoms with Crippen LogP contribution in [0.15, 0.2) is 4.99 Å². The van der Waals surface area contributed by atoms with E-state index in [1.54, 1.807) is 0 Å². The number of rotatable bonds is 8. The van der Waals surface area contributed by atoms with Gasteiger partial charge in [0, 0.05) is 38.6 Å². The Morgan fingerprint density at radius 1 is 1.35 bits per heavy atom. The summed E-state index contributed by atoms with van der Waals surface area (Å²) in [6.45, 7) is 11.0. The highest BCUT2D eigenvalue weighted by molar-refractivity contribution is 5.81. The lowest BCUT2D eigenvalue weighted by atomic mass is 9.99. The lowest BCUT2D eigenvalue weighted by molar-refractivity contribution is -0.133. The van der Waals surface area contributed by atoms with Gasteiger partial charge < -0.3 is 15.5 Å². The van der Waals surface area contributed by atoms with Crippen molar-refractivity contribution in [1.82, 2.24) is 15.5 Å². The summed E-state index contributed by atoms with van der Waals surface area (Å²) in [5, 5.41) is 6.93. The average molecular weight is 325 g/mol. The van der Waals surface area contributed by atoms with Gasteiger partial charge in [-0.2, -0.15) is 0 Å². The summed E-state index contributed by atoms with van der Waals surface area (Å²) in [6.07, 6.45) is 6.01. The zero-order valence-electron chi connectivity index (χ0n) is 15.7. The minimum atomic E-state index is 0.0788. The first-order valence-electron chi connectivity index (χ1n) is 9.27. The number of likely N-dealkylation sites (tertiary alicyclic amines) is 1. The first kappa shape index (κ1) is 19.8. The van der Waals surface area contributed by atoms with E-state index < -0.39 is 0 Å². The van der Waals surface area contributed by atoms with E-state index in [0.717, 1.165) is 32.0 Å². The highest BCUT2D eigenvalue weighted by Gasteiger charge is 2.27.